The summed E-state index contributed by atoms with van der Waals surface area (Å²) >= 11 is 0. The summed E-state index contributed by atoms with van der Waals surface area (Å²) in [7, 11) is 1.83. The maximum atomic E-state index is 13.4. The Bertz CT molecular complexity index is 1120. The van der Waals surface area contributed by atoms with Gasteiger partial charge in [0.1, 0.15) is 5.82 Å². The zero-order chi connectivity index (χ0) is 18.1. The molecule has 0 bridgehead atoms. The largest absolute Gasteiger partial charge is 0.373 e. The van der Waals surface area contributed by atoms with Crippen LogP contribution in [0.4, 0.5) is 10.1 Å². The van der Waals surface area contributed by atoms with Crippen molar-refractivity contribution in [1.82, 2.24) is 19.7 Å². The third kappa shape index (κ3) is 3.06. The van der Waals surface area contributed by atoms with E-state index in [2.05, 4.69) is 20.4 Å². The molecule has 0 saturated carbocycles. The molecule has 130 valence electrons. The van der Waals surface area contributed by atoms with Crippen molar-refractivity contribution in [3.05, 3.63) is 88.5 Å². The molecule has 6 nitrogen and oxygen atoms in total. The summed E-state index contributed by atoms with van der Waals surface area (Å²) in [6.45, 7) is 0. The van der Waals surface area contributed by atoms with E-state index < -0.39 is 0 Å². The van der Waals surface area contributed by atoms with Gasteiger partial charge in [-0.2, -0.15) is 5.10 Å². The van der Waals surface area contributed by atoms with E-state index in [1.807, 2.05) is 19.3 Å². The van der Waals surface area contributed by atoms with Crippen LogP contribution >= 0.6 is 0 Å². The van der Waals surface area contributed by atoms with E-state index in [-0.39, 0.29) is 17.4 Å². The Balaban J connectivity index is 1.83. The molecule has 0 aliphatic heterocycles. The van der Waals surface area contributed by atoms with Crippen LogP contribution in [0.15, 0.2) is 66.0 Å². The molecule has 1 unspecified atom stereocenters. The Labute approximate surface area is 148 Å². The van der Waals surface area contributed by atoms with Crippen LogP contribution in [0.3, 0.4) is 0 Å². The van der Waals surface area contributed by atoms with E-state index in [0.29, 0.717) is 11.2 Å². The lowest BCUT2D eigenvalue weighted by molar-refractivity contribution is 0.626. The van der Waals surface area contributed by atoms with Gasteiger partial charge in [-0.15, -0.1) is 0 Å². The number of benzene rings is 1. The summed E-state index contributed by atoms with van der Waals surface area (Å²) in [4.78, 5) is 18.8. The fourth-order valence-corrected chi connectivity index (χ4v) is 2.99. The van der Waals surface area contributed by atoms with E-state index in [1.54, 1.807) is 35.4 Å². The number of fused-ring (bicyclic) bond motifs is 1. The smallest absolute Gasteiger partial charge is 0.250 e. The fourth-order valence-electron chi connectivity index (χ4n) is 2.99. The molecule has 0 aliphatic carbocycles. The summed E-state index contributed by atoms with van der Waals surface area (Å²) in [6, 6.07) is 9.32. The number of aromatic nitrogens is 4. The van der Waals surface area contributed by atoms with Gasteiger partial charge in [0, 0.05) is 42.1 Å². The van der Waals surface area contributed by atoms with Gasteiger partial charge in [0.2, 0.25) is 0 Å². The molecule has 0 spiro atoms. The van der Waals surface area contributed by atoms with Gasteiger partial charge < -0.3 is 10.3 Å². The molecule has 1 atom stereocenters. The summed E-state index contributed by atoms with van der Waals surface area (Å²) in [6.07, 6.45) is 6.91. The second kappa shape index (κ2) is 6.44. The van der Waals surface area contributed by atoms with Gasteiger partial charge in [0.15, 0.2) is 0 Å². The van der Waals surface area contributed by atoms with Crippen LogP contribution < -0.4 is 10.9 Å². The molecule has 4 rings (SSSR count). The van der Waals surface area contributed by atoms with Crippen LogP contribution in [-0.4, -0.2) is 19.7 Å². The predicted octanol–water partition coefficient (Wildman–Crippen LogP) is 3.00. The number of anilines is 1. The number of aryl methyl sites for hydroxylation is 1. The first-order chi connectivity index (χ1) is 12.6. The van der Waals surface area contributed by atoms with Crippen molar-refractivity contribution in [2.24, 2.45) is 7.05 Å². The minimum atomic E-state index is -0.300. The standard InChI is InChI=1S/C19H16FN5O/c1-25-11-13(9-22-25)19(12-2-4-14(20)5-3-12)24-16-8-18(26)23-17-10-21-7-6-15(16)17/h2-11,19H,1H3,(H2,23,24,26). The summed E-state index contributed by atoms with van der Waals surface area (Å²) in [5.74, 6) is -0.300. The van der Waals surface area contributed by atoms with Crippen LogP contribution in [0.2, 0.25) is 0 Å². The van der Waals surface area contributed by atoms with Crippen LogP contribution in [0.1, 0.15) is 17.2 Å². The Kier molecular flexibility index (Phi) is 3.96. The van der Waals surface area contributed by atoms with Gasteiger partial charge in [0.25, 0.3) is 5.56 Å². The van der Waals surface area contributed by atoms with Crippen molar-refractivity contribution >= 4 is 16.6 Å². The maximum Gasteiger partial charge on any atom is 0.250 e. The molecule has 0 amide bonds. The van der Waals surface area contributed by atoms with Crippen LogP contribution in [-0.2, 0) is 7.05 Å². The second-order valence-corrected chi connectivity index (χ2v) is 6.04. The van der Waals surface area contributed by atoms with Gasteiger partial charge in [0.05, 0.1) is 24.0 Å². The molecule has 4 aromatic rings. The maximum absolute atomic E-state index is 13.4. The summed E-state index contributed by atoms with van der Waals surface area (Å²) in [5, 5.41) is 8.47. The highest BCUT2D eigenvalue weighted by molar-refractivity contribution is 5.90. The van der Waals surface area contributed by atoms with Crippen molar-refractivity contribution in [1.29, 1.82) is 0 Å². The molecule has 7 heteroatoms. The number of aromatic amines is 1. The lowest BCUT2D eigenvalue weighted by atomic mass is 10.0. The number of hydrogen-bond acceptors (Lipinski definition) is 4. The van der Waals surface area contributed by atoms with Crippen LogP contribution in [0.5, 0.6) is 0 Å². The number of hydrogen-bond donors (Lipinski definition) is 2. The molecule has 3 heterocycles. The Hall–Kier alpha value is -3.48. The highest BCUT2D eigenvalue weighted by Gasteiger charge is 2.17. The number of nitrogens with one attached hydrogen (secondary N) is 2. The van der Waals surface area contributed by atoms with E-state index in [9.17, 15) is 9.18 Å². The van der Waals surface area contributed by atoms with Crippen LogP contribution in [0, 0.1) is 5.82 Å². The first kappa shape index (κ1) is 16.0. The third-order valence-corrected chi connectivity index (χ3v) is 4.21. The van der Waals surface area contributed by atoms with Crippen molar-refractivity contribution in [2.75, 3.05) is 5.32 Å². The molecular formula is C19H16FN5O. The quantitative estimate of drug-likeness (QED) is 0.594. The Morgan fingerprint density at radius 3 is 2.69 bits per heavy atom. The van der Waals surface area contributed by atoms with Crippen molar-refractivity contribution in [2.45, 2.75) is 6.04 Å². The number of nitrogens with zero attached hydrogens (tertiary/aromatic N) is 3. The average molecular weight is 349 g/mol. The fraction of sp³-hybridized carbons (Fsp3) is 0.105. The lowest BCUT2D eigenvalue weighted by Gasteiger charge is -2.20. The molecule has 2 N–H and O–H groups in total. The van der Waals surface area contributed by atoms with Gasteiger partial charge in [-0.3, -0.25) is 14.5 Å². The molecule has 0 radical (unpaired) electrons. The first-order valence-electron chi connectivity index (χ1n) is 8.08. The lowest BCUT2D eigenvalue weighted by Crippen LogP contribution is -2.15. The molecule has 0 saturated heterocycles. The zero-order valence-corrected chi connectivity index (χ0v) is 14.0. The highest BCUT2D eigenvalue weighted by Crippen LogP contribution is 2.29. The monoisotopic (exact) mass is 349 g/mol. The van der Waals surface area contributed by atoms with Crippen LogP contribution in [0.25, 0.3) is 10.9 Å². The Morgan fingerprint density at radius 1 is 1.15 bits per heavy atom. The highest BCUT2D eigenvalue weighted by atomic mass is 19.1. The molecule has 0 fully saturated rings. The van der Waals surface area contributed by atoms with Gasteiger partial charge >= 0.3 is 0 Å². The average Bonchev–Trinajstić information content (AvgIpc) is 3.06. The van der Waals surface area contributed by atoms with Gasteiger partial charge in [-0.05, 0) is 23.8 Å². The Morgan fingerprint density at radius 2 is 1.96 bits per heavy atom. The number of rotatable bonds is 4. The molecule has 0 aliphatic rings. The molecular weight excluding hydrogens is 333 g/mol. The van der Waals surface area contributed by atoms with E-state index in [1.165, 1.54) is 18.2 Å². The topological polar surface area (TPSA) is 75.6 Å². The van der Waals surface area contributed by atoms with Crippen molar-refractivity contribution < 1.29 is 4.39 Å². The van der Waals surface area contributed by atoms with Gasteiger partial charge in [-0.25, -0.2) is 4.39 Å². The van der Waals surface area contributed by atoms with E-state index in [4.69, 9.17) is 0 Å². The minimum absolute atomic E-state index is 0.225. The number of pyridine rings is 2. The number of halogens is 1. The third-order valence-electron chi connectivity index (χ3n) is 4.21. The SMILES string of the molecule is Cn1cc(C(Nc2cc(=O)[nH]c3cnccc23)c2ccc(F)cc2)cn1. The minimum Gasteiger partial charge on any atom is -0.373 e. The van der Waals surface area contributed by atoms with E-state index >= 15 is 0 Å². The number of H-pyrrole nitrogens is 1. The summed E-state index contributed by atoms with van der Waals surface area (Å²) in [5.41, 5.74) is 2.86. The molecule has 3 aromatic heterocycles. The summed E-state index contributed by atoms with van der Waals surface area (Å²) < 4.78 is 15.1. The molecule has 1 aromatic carbocycles. The second-order valence-electron chi connectivity index (χ2n) is 6.04. The van der Waals surface area contributed by atoms with Crippen molar-refractivity contribution in [3.8, 4) is 0 Å². The van der Waals surface area contributed by atoms with Crippen molar-refractivity contribution in [3.63, 3.8) is 0 Å². The van der Waals surface area contributed by atoms with Gasteiger partial charge in [-0.1, -0.05) is 12.1 Å². The van der Waals surface area contributed by atoms with E-state index in [0.717, 1.165) is 16.5 Å². The predicted molar refractivity (Wildman–Crippen MR) is 97.4 cm³/mol. The normalized spacial score (nSPS) is 12.2. The molecule has 26 heavy (non-hydrogen) atoms. The first-order valence-corrected chi connectivity index (χ1v) is 8.08. The zero-order valence-electron chi connectivity index (χ0n) is 14.0.